The molecule has 1 aromatic rings. The van der Waals surface area contributed by atoms with Gasteiger partial charge in [-0.2, -0.15) is 4.98 Å². The molecule has 0 aliphatic rings. The minimum atomic E-state index is -0.175. The van der Waals surface area contributed by atoms with Crippen molar-refractivity contribution in [3.8, 4) is 0 Å². The zero-order chi connectivity index (χ0) is 11.3. The molecule has 15 heavy (non-hydrogen) atoms. The summed E-state index contributed by atoms with van der Waals surface area (Å²) in [7, 11) is 0. The second-order valence-electron chi connectivity index (χ2n) is 3.85. The van der Waals surface area contributed by atoms with E-state index in [-0.39, 0.29) is 5.38 Å². The van der Waals surface area contributed by atoms with Crippen LogP contribution in [0.4, 0.5) is 0 Å². The summed E-state index contributed by atoms with van der Waals surface area (Å²) in [5.41, 5.74) is 0. The van der Waals surface area contributed by atoms with Crippen molar-refractivity contribution in [2.24, 2.45) is 0 Å². The Balaban J connectivity index is 2.65. The highest BCUT2D eigenvalue weighted by molar-refractivity contribution is 6.20. The molecule has 0 bridgehead atoms. The molecule has 0 aliphatic heterocycles. The SMILES string of the molecule is CCCCC(CC)c1nc(C(C)Cl)no1. The molecule has 2 atom stereocenters. The van der Waals surface area contributed by atoms with E-state index in [2.05, 4.69) is 24.0 Å². The highest BCUT2D eigenvalue weighted by Crippen LogP contribution is 2.25. The van der Waals surface area contributed by atoms with Crippen molar-refractivity contribution in [2.45, 2.75) is 57.7 Å². The van der Waals surface area contributed by atoms with Gasteiger partial charge >= 0.3 is 0 Å². The van der Waals surface area contributed by atoms with Gasteiger partial charge in [0.15, 0.2) is 5.82 Å². The third-order valence-electron chi connectivity index (χ3n) is 2.56. The third kappa shape index (κ3) is 3.49. The van der Waals surface area contributed by atoms with Crippen LogP contribution in [0, 0.1) is 0 Å². The molecule has 0 amide bonds. The fourth-order valence-electron chi connectivity index (χ4n) is 1.53. The lowest BCUT2D eigenvalue weighted by Crippen LogP contribution is -1.98. The monoisotopic (exact) mass is 230 g/mol. The summed E-state index contributed by atoms with van der Waals surface area (Å²) in [6, 6.07) is 0. The maximum absolute atomic E-state index is 5.88. The van der Waals surface area contributed by atoms with Crippen LogP contribution in [0.1, 0.15) is 69.5 Å². The van der Waals surface area contributed by atoms with Crippen LogP contribution in [-0.2, 0) is 0 Å². The third-order valence-corrected chi connectivity index (χ3v) is 2.76. The average molecular weight is 231 g/mol. The Morgan fingerprint density at radius 3 is 2.60 bits per heavy atom. The molecular weight excluding hydrogens is 212 g/mol. The van der Waals surface area contributed by atoms with Gasteiger partial charge in [0.25, 0.3) is 0 Å². The van der Waals surface area contributed by atoms with Crippen molar-refractivity contribution in [1.29, 1.82) is 0 Å². The lowest BCUT2D eigenvalue weighted by molar-refractivity contribution is 0.336. The molecule has 0 saturated carbocycles. The molecule has 3 nitrogen and oxygen atoms in total. The predicted molar refractivity (Wildman–Crippen MR) is 61.1 cm³/mol. The van der Waals surface area contributed by atoms with Crippen molar-refractivity contribution in [2.75, 3.05) is 0 Å². The molecule has 0 aliphatic carbocycles. The Morgan fingerprint density at radius 1 is 1.40 bits per heavy atom. The van der Waals surface area contributed by atoms with Crippen molar-refractivity contribution >= 4 is 11.6 Å². The van der Waals surface area contributed by atoms with E-state index < -0.39 is 0 Å². The van der Waals surface area contributed by atoms with E-state index in [4.69, 9.17) is 16.1 Å². The molecule has 0 radical (unpaired) electrons. The van der Waals surface area contributed by atoms with E-state index in [1.807, 2.05) is 6.92 Å². The number of unbranched alkanes of at least 4 members (excludes halogenated alkanes) is 1. The van der Waals surface area contributed by atoms with Gasteiger partial charge in [-0.3, -0.25) is 0 Å². The first-order chi connectivity index (χ1) is 7.19. The molecule has 4 heteroatoms. The largest absolute Gasteiger partial charge is 0.339 e. The van der Waals surface area contributed by atoms with Crippen LogP contribution < -0.4 is 0 Å². The van der Waals surface area contributed by atoms with Gasteiger partial charge in [-0.25, -0.2) is 0 Å². The van der Waals surface area contributed by atoms with Crippen LogP contribution in [0.2, 0.25) is 0 Å². The summed E-state index contributed by atoms with van der Waals surface area (Å²) in [5, 5.41) is 3.70. The van der Waals surface area contributed by atoms with Crippen LogP contribution in [0.15, 0.2) is 4.52 Å². The number of halogens is 1. The van der Waals surface area contributed by atoms with Crippen molar-refractivity contribution in [3.05, 3.63) is 11.7 Å². The van der Waals surface area contributed by atoms with E-state index in [1.165, 1.54) is 12.8 Å². The van der Waals surface area contributed by atoms with Crippen LogP contribution in [-0.4, -0.2) is 10.1 Å². The summed E-state index contributed by atoms with van der Waals surface area (Å²) in [5.74, 6) is 1.73. The molecule has 1 rings (SSSR count). The highest BCUT2D eigenvalue weighted by atomic mass is 35.5. The maximum atomic E-state index is 5.88. The molecule has 0 fully saturated rings. The molecule has 0 aromatic carbocycles. The number of rotatable bonds is 6. The zero-order valence-corrected chi connectivity index (χ0v) is 10.4. The first-order valence-corrected chi connectivity index (χ1v) is 6.10. The van der Waals surface area contributed by atoms with Gasteiger partial charge in [0.05, 0.1) is 5.38 Å². The van der Waals surface area contributed by atoms with Gasteiger partial charge in [-0.05, 0) is 19.8 Å². The van der Waals surface area contributed by atoms with Gasteiger partial charge in [-0.1, -0.05) is 31.8 Å². The molecule has 86 valence electrons. The summed E-state index contributed by atoms with van der Waals surface area (Å²) in [6.07, 6.45) is 4.56. The summed E-state index contributed by atoms with van der Waals surface area (Å²) in [4.78, 5) is 4.32. The maximum Gasteiger partial charge on any atom is 0.229 e. The van der Waals surface area contributed by atoms with Crippen LogP contribution in [0.3, 0.4) is 0 Å². The standard InChI is InChI=1S/C11H19ClN2O/c1-4-6-7-9(5-2)11-13-10(8(3)12)14-15-11/h8-9H,4-7H2,1-3H3. The lowest BCUT2D eigenvalue weighted by Gasteiger charge is -2.08. The van der Waals surface area contributed by atoms with Gasteiger partial charge in [0.1, 0.15) is 0 Å². The van der Waals surface area contributed by atoms with Crippen LogP contribution >= 0.6 is 11.6 Å². The normalized spacial score (nSPS) is 15.2. The first-order valence-electron chi connectivity index (χ1n) is 5.66. The fraction of sp³-hybridized carbons (Fsp3) is 0.818. The van der Waals surface area contributed by atoms with E-state index >= 15 is 0 Å². The Kier molecular flexibility index (Phi) is 5.09. The first kappa shape index (κ1) is 12.5. The molecule has 0 saturated heterocycles. The molecule has 1 aromatic heterocycles. The Labute approximate surface area is 96.2 Å². The zero-order valence-electron chi connectivity index (χ0n) is 9.66. The molecule has 0 N–H and O–H groups in total. The minimum absolute atomic E-state index is 0.175. The molecule has 2 unspecified atom stereocenters. The summed E-state index contributed by atoms with van der Waals surface area (Å²) in [6.45, 7) is 6.18. The number of hydrogen-bond acceptors (Lipinski definition) is 3. The Morgan fingerprint density at radius 2 is 2.13 bits per heavy atom. The number of alkyl halides is 1. The quantitative estimate of drug-likeness (QED) is 0.692. The van der Waals surface area contributed by atoms with E-state index in [0.717, 1.165) is 18.7 Å². The second-order valence-corrected chi connectivity index (χ2v) is 4.51. The number of hydrogen-bond donors (Lipinski definition) is 0. The summed E-state index contributed by atoms with van der Waals surface area (Å²) < 4.78 is 5.23. The highest BCUT2D eigenvalue weighted by Gasteiger charge is 2.18. The minimum Gasteiger partial charge on any atom is -0.339 e. The smallest absolute Gasteiger partial charge is 0.229 e. The molecule has 0 spiro atoms. The molecular formula is C11H19ClN2O. The average Bonchev–Trinajstić information content (AvgIpc) is 2.68. The second kappa shape index (κ2) is 6.11. The predicted octanol–water partition coefficient (Wildman–Crippen LogP) is 4.05. The van der Waals surface area contributed by atoms with Crippen molar-refractivity contribution < 1.29 is 4.52 Å². The van der Waals surface area contributed by atoms with Gasteiger partial charge in [0, 0.05) is 5.92 Å². The fourth-order valence-corrected chi connectivity index (χ4v) is 1.62. The Bertz CT molecular complexity index is 286. The number of aromatic nitrogens is 2. The van der Waals surface area contributed by atoms with Crippen molar-refractivity contribution in [1.82, 2.24) is 10.1 Å². The lowest BCUT2D eigenvalue weighted by atomic mass is 9.99. The summed E-state index contributed by atoms with van der Waals surface area (Å²) >= 11 is 5.88. The van der Waals surface area contributed by atoms with E-state index in [0.29, 0.717) is 11.7 Å². The van der Waals surface area contributed by atoms with Gasteiger partial charge < -0.3 is 4.52 Å². The van der Waals surface area contributed by atoms with Crippen molar-refractivity contribution in [3.63, 3.8) is 0 Å². The van der Waals surface area contributed by atoms with Gasteiger partial charge in [-0.15, -0.1) is 11.6 Å². The van der Waals surface area contributed by atoms with E-state index in [1.54, 1.807) is 0 Å². The van der Waals surface area contributed by atoms with E-state index in [9.17, 15) is 0 Å². The van der Waals surface area contributed by atoms with Crippen LogP contribution in [0.25, 0.3) is 0 Å². The number of nitrogens with zero attached hydrogens (tertiary/aromatic N) is 2. The Hall–Kier alpha value is -0.570. The van der Waals surface area contributed by atoms with Crippen LogP contribution in [0.5, 0.6) is 0 Å². The van der Waals surface area contributed by atoms with Gasteiger partial charge in [0.2, 0.25) is 5.89 Å². The molecule has 1 heterocycles. The topological polar surface area (TPSA) is 38.9 Å².